The number of rotatable bonds is 7. The molecule has 0 N–H and O–H groups in total. The third kappa shape index (κ3) is 5.59. The van der Waals surface area contributed by atoms with E-state index in [1.807, 2.05) is 13.0 Å². The molecule has 1 fully saturated rings. The molecular formula is C22H26F2N2O4S. The number of carbonyl (C=O) groups is 1. The summed E-state index contributed by atoms with van der Waals surface area (Å²) in [5, 5.41) is 0. The van der Waals surface area contributed by atoms with Crippen molar-refractivity contribution in [1.29, 1.82) is 0 Å². The first-order chi connectivity index (χ1) is 14.7. The number of halogens is 2. The maximum absolute atomic E-state index is 13.5. The fraction of sp³-hybridized carbons (Fsp3) is 0.409. The molecule has 0 saturated carbocycles. The Morgan fingerprint density at radius 3 is 2.39 bits per heavy atom. The van der Waals surface area contributed by atoms with Gasteiger partial charge < -0.3 is 9.64 Å². The van der Waals surface area contributed by atoms with Crippen molar-refractivity contribution in [3.8, 4) is 5.75 Å². The zero-order chi connectivity index (χ0) is 22.6. The standard InChI is InChI=1S/C22H26F2N2O4S/c1-16-5-8-21(17(2)14-16)31(28,29)26-11-9-25(10-12-26)22(27)4-3-13-30-20-7-6-18(23)15-19(20)24/h5-8,14-15H,3-4,9-13H2,1-2H3. The van der Waals surface area contributed by atoms with Crippen LogP contribution >= 0.6 is 0 Å². The third-order valence-electron chi connectivity index (χ3n) is 5.23. The highest BCUT2D eigenvalue weighted by Crippen LogP contribution is 2.22. The lowest BCUT2D eigenvalue weighted by Crippen LogP contribution is -2.50. The maximum atomic E-state index is 13.5. The second-order valence-electron chi connectivity index (χ2n) is 7.58. The van der Waals surface area contributed by atoms with Crippen molar-refractivity contribution < 1.29 is 26.7 Å². The molecule has 31 heavy (non-hydrogen) atoms. The van der Waals surface area contributed by atoms with E-state index in [4.69, 9.17) is 4.74 Å². The number of hydrogen-bond donors (Lipinski definition) is 0. The predicted molar refractivity (Wildman–Crippen MR) is 112 cm³/mol. The van der Waals surface area contributed by atoms with Crippen LogP contribution in [0.3, 0.4) is 0 Å². The van der Waals surface area contributed by atoms with Gasteiger partial charge in [0.25, 0.3) is 0 Å². The van der Waals surface area contributed by atoms with Crippen LogP contribution in [0.5, 0.6) is 5.75 Å². The number of hydrogen-bond acceptors (Lipinski definition) is 4. The molecule has 0 aromatic heterocycles. The monoisotopic (exact) mass is 452 g/mol. The molecule has 0 spiro atoms. The van der Waals surface area contributed by atoms with Gasteiger partial charge in [-0.2, -0.15) is 4.31 Å². The van der Waals surface area contributed by atoms with Crippen LogP contribution in [0.4, 0.5) is 8.78 Å². The van der Waals surface area contributed by atoms with Gasteiger partial charge in [0.1, 0.15) is 5.82 Å². The number of sulfonamides is 1. The maximum Gasteiger partial charge on any atom is 0.243 e. The molecule has 0 aliphatic carbocycles. The van der Waals surface area contributed by atoms with Crippen molar-refractivity contribution >= 4 is 15.9 Å². The van der Waals surface area contributed by atoms with Gasteiger partial charge in [-0.25, -0.2) is 17.2 Å². The largest absolute Gasteiger partial charge is 0.491 e. The zero-order valence-corrected chi connectivity index (χ0v) is 18.4. The van der Waals surface area contributed by atoms with E-state index in [1.165, 1.54) is 10.4 Å². The van der Waals surface area contributed by atoms with Crippen molar-refractivity contribution in [1.82, 2.24) is 9.21 Å². The van der Waals surface area contributed by atoms with E-state index in [2.05, 4.69) is 0 Å². The van der Waals surface area contributed by atoms with Crippen LogP contribution in [0.1, 0.15) is 24.0 Å². The smallest absolute Gasteiger partial charge is 0.243 e. The second kappa shape index (κ2) is 9.74. The summed E-state index contributed by atoms with van der Waals surface area (Å²) in [6.45, 7) is 4.91. The Morgan fingerprint density at radius 2 is 1.74 bits per heavy atom. The van der Waals surface area contributed by atoms with Crippen molar-refractivity contribution in [3.05, 3.63) is 59.2 Å². The summed E-state index contributed by atoms with van der Waals surface area (Å²) in [5.41, 5.74) is 1.70. The van der Waals surface area contributed by atoms with E-state index in [1.54, 1.807) is 24.0 Å². The Bertz CT molecular complexity index is 1050. The second-order valence-corrected chi connectivity index (χ2v) is 9.49. The lowest BCUT2D eigenvalue weighted by molar-refractivity contribution is -0.132. The Kier molecular flexibility index (Phi) is 7.27. The normalized spacial score (nSPS) is 15.2. The van der Waals surface area contributed by atoms with Crippen LogP contribution in [-0.4, -0.2) is 56.3 Å². The lowest BCUT2D eigenvalue weighted by Gasteiger charge is -2.34. The molecule has 9 heteroatoms. The van der Waals surface area contributed by atoms with Gasteiger partial charge in [0.2, 0.25) is 15.9 Å². The van der Waals surface area contributed by atoms with Crippen LogP contribution < -0.4 is 4.74 Å². The average Bonchev–Trinajstić information content (AvgIpc) is 2.72. The highest BCUT2D eigenvalue weighted by molar-refractivity contribution is 7.89. The molecule has 6 nitrogen and oxygen atoms in total. The number of carbonyl (C=O) groups excluding carboxylic acids is 1. The molecule has 0 atom stereocenters. The van der Waals surface area contributed by atoms with E-state index < -0.39 is 21.7 Å². The number of nitrogens with zero attached hydrogens (tertiary/aromatic N) is 2. The van der Waals surface area contributed by atoms with Gasteiger partial charge in [-0.1, -0.05) is 17.7 Å². The van der Waals surface area contributed by atoms with Crippen LogP contribution in [0.25, 0.3) is 0 Å². The van der Waals surface area contributed by atoms with E-state index in [0.717, 1.165) is 17.7 Å². The lowest BCUT2D eigenvalue weighted by atomic mass is 10.2. The van der Waals surface area contributed by atoms with Crippen LogP contribution in [0.2, 0.25) is 0 Å². The zero-order valence-electron chi connectivity index (χ0n) is 17.6. The summed E-state index contributed by atoms with van der Waals surface area (Å²) in [6.07, 6.45) is 0.573. The summed E-state index contributed by atoms with van der Waals surface area (Å²) in [6, 6.07) is 8.30. The highest BCUT2D eigenvalue weighted by atomic mass is 32.2. The van der Waals surface area contributed by atoms with Crippen molar-refractivity contribution in [2.75, 3.05) is 32.8 Å². The summed E-state index contributed by atoms with van der Waals surface area (Å²) >= 11 is 0. The topological polar surface area (TPSA) is 66.9 Å². The number of aryl methyl sites for hydroxylation is 2. The highest BCUT2D eigenvalue weighted by Gasteiger charge is 2.30. The van der Waals surface area contributed by atoms with Crippen molar-refractivity contribution in [3.63, 3.8) is 0 Å². The first kappa shape index (κ1) is 23.1. The van der Waals surface area contributed by atoms with Crippen molar-refractivity contribution in [2.24, 2.45) is 0 Å². The van der Waals surface area contributed by atoms with Gasteiger partial charge in [-0.15, -0.1) is 0 Å². The summed E-state index contributed by atoms with van der Waals surface area (Å²) in [7, 11) is -3.60. The minimum absolute atomic E-state index is 0.0564. The van der Waals surface area contributed by atoms with Crippen LogP contribution in [0, 0.1) is 25.5 Å². The van der Waals surface area contributed by atoms with Gasteiger partial charge >= 0.3 is 0 Å². The Balaban J connectivity index is 1.47. The van der Waals surface area contributed by atoms with Gasteiger partial charge in [0.15, 0.2) is 11.6 Å². The molecule has 1 amide bonds. The van der Waals surface area contributed by atoms with Crippen molar-refractivity contribution in [2.45, 2.75) is 31.6 Å². The van der Waals surface area contributed by atoms with E-state index in [-0.39, 0.29) is 37.8 Å². The number of piperazine rings is 1. The van der Waals surface area contributed by atoms with Gasteiger partial charge in [-0.05, 0) is 44.0 Å². The predicted octanol–water partition coefficient (Wildman–Crippen LogP) is 3.27. The molecule has 1 aliphatic rings. The number of amides is 1. The third-order valence-corrected chi connectivity index (χ3v) is 7.28. The molecule has 0 unspecified atom stereocenters. The molecule has 3 rings (SSSR count). The number of benzene rings is 2. The quantitative estimate of drug-likeness (QED) is 0.605. The van der Waals surface area contributed by atoms with Gasteiger partial charge in [-0.3, -0.25) is 4.79 Å². The molecule has 168 valence electrons. The van der Waals surface area contributed by atoms with Crippen LogP contribution in [0.15, 0.2) is 41.3 Å². The van der Waals surface area contributed by atoms with Crippen LogP contribution in [-0.2, 0) is 14.8 Å². The molecule has 1 saturated heterocycles. The fourth-order valence-electron chi connectivity index (χ4n) is 3.56. The molecule has 2 aromatic carbocycles. The molecule has 0 radical (unpaired) electrons. The number of ether oxygens (including phenoxy) is 1. The average molecular weight is 453 g/mol. The molecule has 1 aliphatic heterocycles. The summed E-state index contributed by atoms with van der Waals surface area (Å²) in [5.74, 6) is -1.63. The summed E-state index contributed by atoms with van der Waals surface area (Å²) in [4.78, 5) is 14.3. The minimum Gasteiger partial charge on any atom is -0.491 e. The Morgan fingerprint density at radius 1 is 1.03 bits per heavy atom. The SMILES string of the molecule is Cc1ccc(S(=O)(=O)N2CCN(C(=O)CCCOc3ccc(F)cc3F)CC2)c(C)c1. The van der Waals surface area contributed by atoms with E-state index in [0.29, 0.717) is 30.0 Å². The van der Waals surface area contributed by atoms with Gasteiger partial charge in [0, 0.05) is 38.7 Å². The Labute approximate surface area is 181 Å². The molecule has 2 aromatic rings. The molecule has 1 heterocycles. The first-order valence-corrected chi connectivity index (χ1v) is 11.6. The Hall–Kier alpha value is -2.52. The van der Waals surface area contributed by atoms with E-state index >= 15 is 0 Å². The molecular weight excluding hydrogens is 426 g/mol. The van der Waals surface area contributed by atoms with E-state index in [9.17, 15) is 22.0 Å². The van der Waals surface area contributed by atoms with Gasteiger partial charge in [0.05, 0.1) is 11.5 Å². The molecule has 0 bridgehead atoms. The first-order valence-electron chi connectivity index (χ1n) is 10.1. The minimum atomic E-state index is -3.60. The summed E-state index contributed by atoms with van der Waals surface area (Å²) < 4.78 is 59.0. The fourth-order valence-corrected chi connectivity index (χ4v) is 5.19.